The molecule has 5 amide bonds. The van der Waals surface area contributed by atoms with Gasteiger partial charge in [-0.15, -0.1) is 0 Å². The van der Waals surface area contributed by atoms with Gasteiger partial charge in [0.25, 0.3) is 5.91 Å². The van der Waals surface area contributed by atoms with Gasteiger partial charge in [-0.25, -0.2) is 9.59 Å². The number of amides is 5. The van der Waals surface area contributed by atoms with Gasteiger partial charge in [-0.3, -0.25) is 19.2 Å². The summed E-state index contributed by atoms with van der Waals surface area (Å²) in [4.78, 5) is 79.1. The number of carbonyl (C=O) groups is 6. The summed E-state index contributed by atoms with van der Waals surface area (Å²) in [7, 11) is 1.21. The first-order valence-corrected chi connectivity index (χ1v) is 16.4. The molecule has 2 saturated carbocycles. The molecule has 45 heavy (non-hydrogen) atoms. The van der Waals surface area contributed by atoms with E-state index in [1.54, 1.807) is 0 Å². The Balaban J connectivity index is 1.79. The van der Waals surface area contributed by atoms with Crippen molar-refractivity contribution in [2.24, 2.45) is 34.8 Å². The highest BCUT2D eigenvalue weighted by molar-refractivity contribution is 6.37. The van der Waals surface area contributed by atoms with Gasteiger partial charge < -0.3 is 36.1 Å². The number of carbonyl (C=O) groups excluding carboxylic acids is 6. The number of hydrogen-bond donors (Lipinski definition) is 4. The molecule has 0 aromatic heterocycles. The quantitative estimate of drug-likeness (QED) is 0.176. The van der Waals surface area contributed by atoms with Crippen molar-refractivity contribution in [2.45, 2.75) is 117 Å². The summed E-state index contributed by atoms with van der Waals surface area (Å²) in [6.07, 6.45) is 6.68. The van der Waals surface area contributed by atoms with Crippen molar-refractivity contribution >= 4 is 35.7 Å². The van der Waals surface area contributed by atoms with E-state index in [9.17, 15) is 28.8 Å². The highest BCUT2D eigenvalue weighted by Crippen LogP contribution is 2.35. The van der Waals surface area contributed by atoms with Gasteiger partial charge in [0.05, 0.1) is 19.2 Å². The highest BCUT2D eigenvalue weighted by atomic mass is 16.7. The monoisotopic (exact) mass is 635 g/mol. The SMILES string of the molecule is COC(=O)OC[C@@H](NC(=O)N[C@H](C(=O)N1CCC(C(C)C)[C@H]1C(=O)NC(CC1CCC1)C(=O)C(N)=O)C(C)(C)C)C1CCCC1. The van der Waals surface area contributed by atoms with E-state index >= 15 is 0 Å². The van der Waals surface area contributed by atoms with E-state index in [0.717, 1.165) is 44.9 Å². The highest BCUT2D eigenvalue weighted by Gasteiger charge is 2.48. The van der Waals surface area contributed by atoms with Crippen LogP contribution in [0.15, 0.2) is 0 Å². The average Bonchev–Trinajstić information content (AvgIpc) is 3.64. The number of nitrogens with zero attached hydrogens (tertiary/aromatic N) is 1. The van der Waals surface area contributed by atoms with Gasteiger partial charge in [0.2, 0.25) is 17.6 Å². The Bertz CT molecular complexity index is 1100. The fourth-order valence-corrected chi connectivity index (χ4v) is 6.85. The Morgan fingerprint density at radius 2 is 1.56 bits per heavy atom. The Labute approximate surface area is 266 Å². The van der Waals surface area contributed by atoms with Crippen LogP contribution in [0.4, 0.5) is 9.59 Å². The topological polar surface area (TPSA) is 186 Å². The zero-order chi connectivity index (χ0) is 33.5. The van der Waals surface area contributed by atoms with E-state index in [-0.39, 0.29) is 30.3 Å². The molecule has 5 atom stereocenters. The summed E-state index contributed by atoms with van der Waals surface area (Å²) in [6, 6.07) is -3.98. The Morgan fingerprint density at radius 3 is 2.07 bits per heavy atom. The second-order valence-corrected chi connectivity index (χ2v) is 14.3. The van der Waals surface area contributed by atoms with Crippen molar-refractivity contribution in [2.75, 3.05) is 20.3 Å². The summed E-state index contributed by atoms with van der Waals surface area (Å²) in [6.45, 7) is 9.68. The maximum atomic E-state index is 14.2. The van der Waals surface area contributed by atoms with E-state index in [1.165, 1.54) is 12.0 Å². The normalized spacial score (nSPS) is 22.6. The Kier molecular flexibility index (Phi) is 12.6. The predicted molar refractivity (Wildman–Crippen MR) is 166 cm³/mol. The molecule has 2 aliphatic carbocycles. The van der Waals surface area contributed by atoms with E-state index in [2.05, 4.69) is 20.7 Å². The molecule has 5 N–H and O–H groups in total. The number of nitrogens with two attached hydrogens (primary N) is 1. The van der Waals surface area contributed by atoms with Gasteiger partial charge >= 0.3 is 12.2 Å². The molecule has 13 nitrogen and oxygen atoms in total. The number of rotatable bonds is 13. The molecule has 0 aromatic carbocycles. The maximum Gasteiger partial charge on any atom is 0.508 e. The summed E-state index contributed by atoms with van der Waals surface area (Å²) in [5, 5.41) is 8.54. The second-order valence-electron chi connectivity index (χ2n) is 14.3. The molecule has 13 heteroatoms. The first-order valence-electron chi connectivity index (χ1n) is 16.4. The summed E-state index contributed by atoms with van der Waals surface area (Å²) >= 11 is 0. The number of likely N-dealkylation sites (tertiary alicyclic amines) is 1. The largest absolute Gasteiger partial charge is 0.508 e. The lowest BCUT2D eigenvalue weighted by atomic mass is 9.80. The number of nitrogens with one attached hydrogen (secondary N) is 3. The van der Waals surface area contributed by atoms with Crippen LogP contribution in [0, 0.1) is 29.1 Å². The molecule has 3 fully saturated rings. The fourth-order valence-electron chi connectivity index (χ4n) is 6.85. The number of ether oxygens (including phenoxy) is 2. The molecule has 1 aliphatic heterocycles. The zero-order valence-corrected chi connectivity index (χ0v) is 27.7. The van der Waals surface area contributed by atoms with Crippen LogP contribution in [0.25, 0.3) is 0 Å². The number of urea groups is 1. The Morgan fingerprint density at radius 1 is 0.911 bits per heavy atom. The molecule has 1 heterocycles. The minimum absolute atomic E-state index is 0.0433. The van der Waals surface area contributed by atoms with Gasteiger partial charge in [-0.1, -0.05) is 66.7 Å². The maximum absolute atomic E-state index is 14.2. The average molecular weight is 636 g/mol. The van der Waals surface area contributed by atoms with Crippen LogP contribution in [-0.2, 0) is 28.7 Å². The number of ketones is 1. The van der Waals surface area contributed by atoms with Crippen LogP contribution >= 0.6 is 0 Å². The number of hydrogen-bond acceptors (Lipinski definition) is 8. The first-order chi connectivity index (χ1) is 21.1. The number of primary amides is 1. The van der Waals surface area contributed by atoms with E-state index in [4.69, 9.17) is 10.5 Å². The smallest absolute Gasteiger partial charge is 0.438 e. The van der Waals surface area contributed by atoms with Crippen molar-refractivity contribution in [3.8, 4) is 0 Å². The molecule has 3 rings (SSSR count). The Hall–Kier alpha value is -3.38. The third kappa shape index (κ3) is 9.56. The van der Waals surface area contributed by atoms with Crippen LogP contribution in [0.3, 0.4) is 0 Å². The molecule has 3 aliphatic rings. The van der Waals surface area contributed by atoms with Crippen molar-refractivity contribution in [3.05, 3.63) is 0 Å². The minimum atomic E-state index is -1.10. The van der Waals surface area contributed by atoms with Crippen LogP contribution in [0.5, 0.6) is 0 Å². The first kappa shape index (κ1) is 36.1. The summed E-state index contributed by atoms with van der Waals surface area (Å²) in [5.74, 6) is -2.68. The second kappa shape index (κ2) is 15.8. The van der Waals surface area contributed by atoms with Crippen LogP contribution in [0.1, 0.15) is 92.4 Å². The van der Waals surface area contributed by atoms with E-state index in [0.29, 0.717) is 19.4 Å². The van der Waals surface area contributed by atoms with E-state index in [1.807, 2.05) is 34.6 Å². The van der Waals surface area contributed by atoms with Gasteiger partial charge in [-0.2, -0.15) is 0 Å². The molecule has 0 bridgehead atoms. The van der Waals surface area contributed by atoms with Crippen LogP contribution < -0.4 is 21.7 Å². The lowest BCUT2D eigenvalue weighted by molar-refractivity contribution is -0.144. The van der Waals surface area contributed by atoms with Crippen molar-refractivity contribution in [3.63, 3.8) is 0 Å². The third-order valence-electron chi connectivity index (χ3n) is 9.74. The zero-order valence-electron chi connectivity index (χ0n) is 27.7. The van der Waals surface area contributed by atoms with Crippen LogP contribution in [0.2, 0.25) is 0 Å². The molecular weight excluding hydrogens is 582 g/mol. The van der Waals surface area contributed by atoms with Crippen molar-refractivity contribution < 1.29 is 38.2 Å². The molecule has 2 unspecified atom stereocenters. The molecule has 254 valence electrons. The lowest BCUT2D eigenvalue weighted by Gasteiger charge is -2.37. The van der Waals surface area contributed by atoms with Crippen molar-refractivity contribution in [1.29, 1.82) is 0 Å². The number of methoxy groups -OCH3 is 1. The lowest BCUT2D eigenvalue weighted by Crippen LogP contribution is -2.62. The standard InChI is InChI=1S/C32H53N5O8/c1-18(2)21-14-15-37(24(21)28(40)34-22(25(38)27(33)39)16-19-10-9-11-19)29(41)26(32(3,4)5)36-30(42)35-23(17-45-31(43)44-6)20-12-7-8-13-20/h18-24,26H,7-17H2,1-6H3,(H2,33,39)(H,34,40)(H2,35,36,42)/t21?,22?,23-,24+,26-/m1/s1. The van der Waals surface area contributed by atoms with Gasteiger partial charge in [0.1, 0.15) is 18.7 Å². The fraction of sp³-hybridized carbons (Fsp3) is 0.812. The van der Waals surface area contributed by atoms with Gasteiger partial charge in [-0.05, 0) is 54.8 Å². The molecule has 0 spiro atoms. The molecule has 1 saturated heterocycles. The summed E-state index contributed by atoms with van der Waals surface area (Å²) in [5.41, 5.74) is 4.59. The molecule has 0 aromatic rings. The van der Waals surface area contributed by atoms with Crippen molar-refractivity contribution in [1.82, 2.24) is 20.9 Å². The van der Waals surface area contributed by atoms with E-state index < -0.39 is 65.3 Å². The number of Topliss-reactive ketones (excluding diaryl/α,β-unsaturated/α-hetero) is 1. The minimum Gasteiger partial charge on any atom is -0.438 e. The van der Waals surface area contributed by atoms with Gasteiger partial charge in [0.15, 0.2) is 0 Å². The molecular formula is C32H53N5O8. The third-order valence-corrected chi connectivity index (χ3v) is 9.74. The van der Waals surface area contributed by atoms with Gasteiger partial charge in [0, 0.05) is 6.54 Å². The summed E-state index contributed by atoms with van der Waals surface area (Å²) < 4.78 is 9.75. The van der Waals surface area contributed by atoms with Crippen LogP contribution in [-0.4, -0.2) is 85.0 Å². The predicted octanol–water partition coefficient (Wildman–Crippen LogP) is 2.64. The molecule has 0 radical (unpaired) electrons.